The average molecular weight is 474 g/mol. The van der Waals surface area contributed by atoms with Gasteiger partial charge in [-0.2, -0.15) is 0 Å². The summed E-state index contributed by atoms with van der Waals surface area (Å²) in [4.78, 5) is 45.9. The van der Waals surface area contributed by atoms with Gasteiger partial charge in [0.2, 0.25) is 0 Å². The largest absolute Gasteiger partial charge is 0.350 e. The highest BCUT2D eigenvalue weighted by Crippen LogP contribution is 2.32. The summed E-state index contributed by atoms with van der Waals surface area (Å²) in [5.41, 5.74) is -0.366. The number of carbonyl (C=O) groups excluding carboxylic acids is 1. The average Bonchev–Trinajstić information content (AvgIpc) is 3.32. The Morgan fingerprint density at radius 2 is 2.06 bits per heavy atom. The Morgan fingerprint density at radius 3 is 2.76 bits per heavy atom. The summed E-state index contributed by atoms with van der Waals surface area (Å²) in [6, 6.07) is 5.55. The summed E-state index contributed by atoms with van der Waals surface area (Å²) >= 11 is 6.32. The van der Waals surface area contributed by atoms with Crippen LogP contribution >= 0.6 is 11.6 Å². The van der Waals surface area contributed by atoms with Gasteiger partial charge in [-0.1, -0.05) is 24.6 Å². The number of nitrogens with one attached hydrogen (secondary N) is 2. The van der Waals surface area contributed by atoms with Gasteiger partial charge in [-0.3, -0.25) is 24.0 Å². The molecule has 1 saturated heterocycles. The lowest BCUT2D eigenvalue weighted by molar-refractivity contribution is 0.0937. The Morgan fingerprint density at radius 1 is 1.30 bits per heavy atom. The second-order valence-corrected chi connectivity index (χ2v) is 8.52. The minimum absolute atomic E-state index is 0.142. The van der Waals surface area contributed by atoms with E-state index in [1.54, 1.807) is 12.1 Å². The van der Waals surface area contributed by atoms with Gasteiger partial charge in [0.1, 0.15) is 11.5 Å². The van der Waals surface area contributed by atoms with Crippen LogP contribution in [-0.4, -0.2) is 45.0 Å². The predicted molar refractivity (Wildman–Crippen MR) is 124 cm³/mol. The molecule has 2 aromatic heterocycles. The highest BCUT2D eigenvalue weighted by molar-refractivity contribution is 6.31. The first-order chi connectivity index (χ1) is 15.9. The second-order valence-electron chi connectivity index (χ2n) is 8.11. The SMILES string of the molecule is CCCn1c(=O)[nH]c(=O)c2cc(C(=O)NCC(c3c(F)cccc3Cl)N3CCCC3)cnc21. The highest BCUT2D eigenvalue weighted by atomic mass is 35.5. The molecular formula is C23H25ClFN5O3. The Hall–Kier alpha value is -3.04. The molecule has 2 N–H and O–H groups in total. The molecule has 1 atom stereocenters. The first-order valence-electron chi connectivity index (χ1n) is 11.0. The first kappa shape index (κ1) is 23.1. The van der Waals surface area contributed by atoms with Gasteiger partial charge in [-0.15, -0.1) is 0 Å². The van der Waals surface area contributed by atoms with Crippen molar-refractivity contribution in [2.45, 2.75) is 38.8 Å². The molecule has 3 heterocycles. The van der Waals surface area contributed by atoms with Crippen LogP contribution in [0.4, 0.5) is 4.39 Å². The number of amides is 1. The summed E-state index contributed by atoms with van der Waals surface area (Å²) in [6.07, 6.45) is 4.01. The van der Waals surface area contributed by atoms with Crippen LogP contribution in [0.1, 0.15) is 48.1 Å². The standard InChI is InChI=1S/C23H25ClFN5O3/c1-2-8-30-20-15(22(32)28-23(30)33)11-14(12-26-20)21(31)27-13-18(29-9-3-4-10-29)19-16(24)6-5-7-17(19)25/h5-7,11-12,18H,2-4,8-10,13H2,1H3,(H,27,31)(H,28,32,33). The number of rotatable bonds is 7. The Bertz CT molecular complexity index is 1280. The van der Waals surface area contributed by atoms with Crippen molar-refractivity contribution in [1.82, 2.24) is 24.8 Å². The van der Waals surface area contributed by atoms with Crippen molar-refractivity contribution in [2.75, 3.05) is 19.6 Å². The molecule has 0 bridgehead atoms. The number of pyridine rings is 1. The van der Waals surface area contributed by atoms with Gasteiger partial charge < -0.3 is 5.32 Å². The van der Waals surface area contributed by atoms with Crippen molar-refractivity contribution in [3.05, 3.63) is 73.3 Å². The Labute approximate surface area is 194 Å². The number of aromatic nitrogens is 3. The smallest absolute Gasteiger partial charge is 0.329 e. The number of nitrogens with zero attached hydrogens (tertiary/aromatic N) is 3. The zero-order chi connectivity index (χ0) is 23.5. The molecule has 1 aromatic carbocycles. The maximum absolute atomic E-state index is 14.7. The molecule has 3 aromatic rings. The number of H-pyrrole nitrogens is 1. The number of benzene rings is 1. The number of hydrogen-bond acceptors (Lipinski definition) is 5. The molecule has 8 nitrogen and oxygen atoms in total. The molecule has 174 valence electrons. The molecular weight excluding hydrogens is 449 g/mol. The van der Waals surface area contributed by atoms with Crippen molar-refractivity contribution in [3.63, 3.8) is 0 Å². The second kappa shape index (κ2) is 9.84. The minimum Gasteiger partial charge on any atom is -0.350 e. The summed E-state index contributed by atoms with van der Waals surface area (Å²) in [7, 11) is 0. The highest BCUT2D eigenvalue weighted by Gasteiger charge is 2.28. The van der Waals surface area contributed by atoms with Gasteiger partial charge in [-0.25, -0.2) is 14.2 Å². The summed E-state index contributed by atoms with van der Waals surface area (Å²) in [6.45, 7) is 4.01. The van der Waals surface area contributed by atoms with E-state index >= 15 is 0 Å². The van der Waals surface area contributed by atoms with E-state index in [2.05, 4.69) is 20.2 Å². The van der Waals surface area contributed by atoms with E-state index < -0.39 is 29.0 Å². The van der Waals surface area contributed by atoms with E-state index in [4.69, 9.17) is 11.6 Å². The summed E-state index contributed by atoms with van der Waals surface area (Å²) in [5.74, 6) is -0.866. The third kappa shape index (κ3) is 4.69. The lowest BCUT2D eigenvalue weighted by atomic mass is 10.0. The van der Waals surface area contributed by atoms with Gasteiger partial charge >= 0.3 is 5.69 Å². The van der Waals surface area contributed by atoms with Gasteiger partial charge in [0, 0.05) is 29.9 Å². The number of carbonyl (C=O) groups is 1. The van der Waals surface area contributed by atoms with E-state index in [0.717, 1.165) is 25.9 Å². The van der Waals surface area contributed by atoms with Crippen LogP contribution < -0.4 is 16.6 Å². The number of hydrogen-bond donors (Lipinski definition) is 2. The number of aryl methyl sites for hydroxylation is 1. The molecule has 33 heavy (non-hydrogen) atoms. The fourth-order valence-electron chi connectivity index (χ4n) is 4.31. The number of fused-ring (bicyclic) bond motifs is 1. The molecule has 0 spiro atoms. The zero-order valence-electron chi connectivity index (χ0n) is 18.2. The minimum atomic E-state index is -0.599. The first-order valence-corrected chi connectivity index (χ1v) is 11.4. The molecule has 0 saturated carbocycles. The topological polar surface area (TPSA) is 100 Å². The summed E-state index contributed by atoms with van der Waals surface area (Å²) < 4.78 is 16.0. The lowest BCUT2D eigenvalue weighted by Gasteiger charge is -2.29. The number of halogens is 2. The van der Waals surface area contributed by atoms with Gasteiger partial charge in [0.15, 0.2) is 0 Å². The Balaban J connectivity index is 1.61. The molecule has 1 aliphatic rings. The molecule has 1 amide bonds. The predicted octanol–water partition coefficient (Wildman–Crippen LogP) is 2.85. The van der Waals surface area contributed by atoms with Crippen molar-refractivity contribution >= 4 is 28.5 Å². The van der Waals surface area contributed by atoms with Gasteiger partial charge in [0.25, 0.3) is 11.5 Å². The fourth-order valence-corrected chi connectivity index (χ4v) is 4.60. The maximum atomic E-state index is 14.7. The molecule has 1 unspecified atom stereocenters. The van der Waals surface area contributed by atoms with Crippen molar-refractivity contribution in [2.24, 2.45) is 0 Å². The van der Waals surface area contributed by atoms with Crippen LogP contribution in [0.15, 0.2) is 40.1 Å². The normalized spacial score (nSPS) is 15.1. The molecule has 10 heteroatoms. The molecule has 0 radical (unpaired) electrons. The monoisotopic (exact) mass is 473 g/mol. The lowest BCUT2D eigenvalue weighted by Crippen LogP contribution is -2.37. The van der Waals surface area contributed by atoms with Gasteiger partial charge in [-0.05, 0) is 50.6 Å². The van der Waals surface area contributed by atoms with Crippen molar-refractivity contribution < 1.29 is 9.18 Å². The molecule has 1 fully saturated rings. The molecule has 0 aliphatic carbocycles. The number of likely N-dealkylation sites (tertiary alicyclic amines) is 1. The van der Waals surface area contributed by atoms with E-state index in [1.165, 1.54) is 22.9 Å². The van der Waals surface area contributed by atoms with E-state index in [1.807, 2.05) is 6.92 Å². The van der Waals surface area contributed by atoms with Crippen LogP contribution in [0.3, 0.4) is 0 Å². The van der Waals surface area contributed by atoms with Gasteiger partial charge in [0.05, 0.1) is 17.0 Å². The molecule has 1 aliphatic heterocycles. The zero-order valence-corrected chi connectivity index (χ0v) is 19.0. The van der Waals surface area contributed by atoms with Crippen molar-refractivity contribution in [3.8, 4) is 0 Å². The van der Waals surface area contributed by atoms with Crippen LogP contribution in [0, 0.1) is 5.82 Å². The third-order valence-electron chi connectivity index (χ3n) is 5.91. The van der Waals surface area contributed by atoms with Crippen LogP contribution in [0.2, 0.25) is 5.02 Å². The van der Waals surface area contributed by atoms with Crippen LogP contribution in [0.5, 0.6) is 0 Å². The summed E-state index contributed by atoms with van der Waals surface area (Å²) in [5, 5.41) is 3.31. The van der Waals surface area contributed by atoms with E-state index in [-0.39, 0.29) is 23.1 Å². The fraction of sp³-hybridized carbons (Fsp3) is 0.391. The van der Waals surface area contributed by atoms with Crippen molar-refractivity contribution in [1.29, 1.82) is 0 Å². The quantitative estimate of drug-likeness (QED) is 0.549. The number of aromatic amines is 1. The van der Waals surface area contributed by atoms with Crippen LogP contribution in [-0.2, 0) is 6.54 Å². The van der Waals surface area contributed by atoms with E-state index in [0.29, 0.717) is 23.6 Å². The third-order valence-corrected chi connectivity index (χ3v) is 6.24. The Kier molecular flexibility index (Phi) is 6.90. The van der Waals surface area contributed by atoms with Crippen LogP contribution in [0.25, 0.3) is 11.0 Å². The van der Waals surface area contributed by atoms with E-state index in [9.17, 15) is 18.8 Å². The molecule has 4 rings (SSSR count). The maximum Gasteiger partial charge on any atom is 0.329 e.